The lowest BCUT2D eigenvalue weighted by Gasteiger charge is -2.37. The highest BCUT2D eigenvalue weighted by atomic mass is 32.2. The van der Waals surface area contributed by atoms with Crippen LogP contribution >= 0.6 is 11.8 Å². The zero-order valence-corrected chi connectivity index (χ0v) is 18.0. The predicted octanol–water partition coefficient (Wildman–Crippen LogP) is 5.51. The molecule has 1 amide bonds. The van der Waals surface area contributed by atoms with E-state index in [9.17, 15) is 4.79 Å². The van der Waals surface area contributed by atoms with Crippen molar-refractivity contribution in [2.45, 2.75) is 50.0 Å². The molecule has 4 nitrogen and oxygen atoms in total. The molecule has 1 saturated heterocycles. The van der Waals surface area contributed by atoms with Crippen LogP contribution in [0, 0.1) is 13.8 Å². The number of nitrogens with zero attached hydrogens (tertiary/aromatic N) is 2. The topological polar surface area (TPSA) is 32.8 Å². The Morgan fingerprint density at radius 3 is 2.43 bits per heavy atom. The first-order chi connectivity index (χ1) is 13.8. The van der Waals surface area contributed by atoms with E-state index in [2.05, 4.69) is 48.2 Å². The van der Waals surface area contributed by atoms with E-state index in [-0.39, 0.29) is 6.09 Å². The van der Waals surface area contributed by atoms with Crippen molar-refractivity contribution in [3.8, 4) is 0 Å². The van der Waals surface area contributed by atoms with Crippen LogP contribution in [0.15, 0.2) is 52.3 Å². The van der Waals surface area contributed by atoms with Gasteiger partial charge in [0.15, 0.2) is 0 Å². The monoisotopic (exact) mass is 399 g/mol. The van der Waals surface area contributed by atoms with Crippen molar-refractivity contribution in [1.82, 2.24) is 4.90 Å². The fraction of sp³-hybridized carbons (Fsp3) is 0.435. The maximum Gasteiger partial charge on any atom is 0.410 e. The normalized spacial score (nSPS) is 15.4. The third-order valence-corrected chi connectivity index (χ3v) is 5.84. The van der Waals surface area contributed by atoms with Gasteiger partial charge in [0, 0.05) is 37.3 Å². The van der Waals surface area contributed by atoms with Crippen LogP contribution in [0.3, 0.4) is 0 Å². The maximum atomic E-state index is 12.3. The molecule has 0 saturated carbocycles. The van der Waals surface area contributed by atoms with Gasteiger partial charge < -0.3 is 14.5 Å². The van der Waals surface area contributed by atoms with E-state index in [1.54, 1.807) is 16.7 Å². The van der Waals surface area contributed by atoms with Crippen molar-refractivity contribution in [1.29, 1.82) is 0 Å². The molecule has 0 spiro atoms. The summed E-state index contributed by atoms with van der Waals surface area (Å²) in [6.07, 6.45) is -0.232. The molecule has 0 atom stereocenters. The molecule has 2 aromatic rings. The maximum absolute atomic E-state index is 12.3. The van der Waals surface area contributed by atoms with Crippen molar-refractivity contribution in [3.05, 3.63) is 53.6 Å². The van der Waals surface area contributed by atoms with Gasteiger partial charge in [-0.2, -0.15) is 0 Å². The lowest BCUT2D eigenvalue weighted by Crippen LogP contribution is -2.50. The number of para-hydroxylation sites is 1. The third-order valence-electron chi connectivity index (χ3n) is 4.60. The second-order valence-corrected chi connectivity index (χ2v) is 9.21. The number of carbonyl (C=O) groups excluding carboxylic acids is 1. The van der Waals surface area contributed by atoms with Crippen LogP contribution in [-0.4, -0.2) is 42.8 Å². The number of hydrogen-bond acceptors (Lipinski definition) is 4. The zero-order chi connectivity index (χ0) is 21.0. The first kappa shape index (κ1) is 19.2. The Morgan fingerprint density at radius 2 is 1.79 bits per heavy atom. The smallest absolute Gasteiger partial charge is 0.410 e. The molecule has 0 radical (unpaired) electrons. The number of amides is 1. The molecular weight excluding hydrogens is 368 g/mol. The van der Waals surface area contributed by atoms with Crippen LogP contribution in [0.25, 0.3) is 0 Å². The molecule has 0 bridgehead atoms. The number of carbonyl (C=O) groups is 1. The van der Waals surface area contributed by atoms with E-state index in [0.717, 1.165) is 18.7 Å². The van der Waals surface area contributed by atoms with Gasteiger partial charge in [0.05, 0.1) is 5.69 Å². The number of benzene rings is 2. The Hall–Kier alpha value is -2.14. The van der Waals surface area contributed by atoms with Crippen molar-refractivity contribution >= 4 is 23.5 Å². The minimum atomic E-state index is -0.467. The van der Waals surface area contributed by atoms with Crippen LogP contribution in [0.5, 0.6) is 0 Å². The number of ether oxygens (including phenoxy) is 1. The molecule has 2 aromatic carbocycles. The summed E-state index contributed by atoms with van der Waals surface area (Å²) >= 11 is 1.76. The minimum absolute atomic E-state index is 0.232. The fourth-order valence-electron chi connectivity index (χ4n) is 3.21. The molecule has 28 heavy (non-hydrogen) atoms. The Labute approximate surface area is 174 Å². The van der Waals surface area contributed by atoms with Crippen LogP contribution in [0.1, 0.15) is 33.3 Å². The Kier molecular flexibility index (Phi) is 5.81. The summed E-state index contributed by atoms with van der Waals surface area (Å²) in [4.78, 5) is 18.9. The molecule has 0 N–H and O–H groups in total. The van der Waals surface area contributed by atoms with Crippen molar-refractivity contribution in [2.75, 3.05) is 31.1 Å². The summed E-state index contributed by atoms with van der Waals surface area (Å²) in [7, 11) is 0. The molecular formula is C23H30N2O2S. The van der Waals surface area contributed by atoms with Crippen molar-refractivity contribution < 1.29 is 10.9 Å². The summed E-state index contributed by atoms with van der Waals surface area (Å²) in [6.45, 7) is 11.0. The molecule has 1 fully saturated rings. The molecule has 3 rings (SSSR count). The average molecular weight is 400 g/mol. The van der Waals surface area contributed by atoms with Gasteiger partial charge in [-0.15, -0.1) is 0 Å². The highest BCUT2D eigenvalue weighted by Crippen LogP contribution is 2.37. The third kappa shape index (κ3) is 5.22. The summed E-state index contributed by atoms with van der Waals surface area (Å²) in [5, 5.41) is 0. The van der Waals surface area contributed by atoms with Gasteiger partial charge in [0.1, 0.15) is 5.60 Å². The lowest BCUT2D eigenvalue weighted by molar-refractivity contribution is 0.0240. The van der Waals surface area contributed by atoms with E-state index < -0.39 is 5.60 Å². The summed E-state index contributed by atoms with van der Waals surface area (Å²) < 4.78 is 13.0. The first-order valence-corrected chi connectivity index (χ1v) is 10.5. The van der Waals surface area contributed by atoms with Crippen molar-refractivity contribution in [2.24, 2.45) is 0 Å². The Balaban J connectivity index is 1.69. The van der Waals surface area contributed by atoms with E-state index in [4.69, 9.17) is 6.11 Å². The van der Waals surface area contributed by atoms with Crippen LogP contribution in [0.2, 0.25) is 0 Å². The van der Waals surface area contributed by atoms with Crippen LogP contribution in [0.4, 0.5) is 10.5 Å². The van der Waals surface area contributed by atoms with Gasteiger partial charge in [-0.1, -0.05) is 41.6 Å². The number of aryl methyl sites for hydroxylation is 2. The second kappa shape index (κ2) is 8.48. The number of piperazine rings is 1. The minimum Gasteiger partial charge on any atom is -0.444 e. The highest BCUT2D eigenvalue weighted by Gasteiger charge is 2.26. The largest absolute Gasteiger partial charge is 0.444 e. The first-order valence-electron chi connectivity index (χ1n) is 10.4. The van der Waals surface area contributed by atoms with Gasteiger partial charge in [0.25, 0.3) is 0 Å². The Morgan fingerprint density at radius 1 is 1.07 bits per heavy atom. The predicted molar refractivity (Wildman–Crippen MR) is 117 cm³/mol. The van der Waals surface area contributed by atoms with Gasteiger partial charge in [0.2, 0.25) is 0 Å². The summed E-state index contributed by atoms with van der Waals surface area (Å²) in [5.41, 5.74) is 2.97. The molecule has 5 heteroatoms. The summed E-state index contributed by atoms with van der Waals surface area (Å²) in [6, 6.07) is 14.7. The molecule has 0 aliphatic carbocycles. The molecule has 1 aliphatic heterocycles. The molecule has 0 aromatic heterocycles. The zero-order valence-electron chi connectivity index (χ0n) is 18.2. The molecule has 0 unspecified atom stereocenters. The van der Waals surface area contributed by atoms with E-state index in [1.807, 2.05) is 26.8 Å². The second-order valence-electron chi connectivity index (χ2n) is 8.12. The van der Waals surface area contributed by atoms with Gasteiger partial charge in [-0.25, -0.2) is 4.79 Å². The lowest BCUT2D eigenvalue weighted by atomic mass is 10.2. The number of anilines is 1. The quantitative estimate of drug-likeness (QED) is 0.681. The van der Waals surface area contributed by atoms with Crippen LogP contribution in [-0.2, 0) is 4.74 Å². The highest BCUT2D eigenvalue weighted by molar-refractivity contribution is 7.99. The fourth-order valence-corrected chi connectivity index (χ4v) is 4.25. The summed E-state index contributed by atoms with van der Waals surface area (Å²) in [5.74, 6) is 0. The van der Waals surface area contributed by atoms with E-state index in [1.165, 1.54) is 21.0 Å². The molecule has 150 valence electrons. The van der Waals surface area contributed by atoms with Gasteiger partial charge >= 0.3 is 6.09 Å². The SMILES string of the molecule is [2H]Cc1ccc(Sc2ccccc2N2CCN(C(=O)OC(C)(C)C)CC2)c(C)c1. The van der Waals surface area contributed by atoms with E-state index in [0.29, 0.717) is 20.0 Å². The Bertz CT molecular complexity index is 858. The van der Waals surface area contributed by atoms with Crippen LogP contribution < -0.4 is 4.90 Å². The molecule has 1 aliphatic rings. The van der Waals surface area contributed by atoms with Crippen molar-refractivity contribution in [3.63, 3.8) is 0 Å². The van der Waals surface area contributed by atoms with Gasteiger partial charge in [-0.3, -0.25) is 0 Å². The number of rotatable bonds is 3. The van der Waals surface area contributed by atoms with E-state index >= 15 is 0 Å². The standard InChI is InChI=1S/C23H30N2O2S/c1-17-10-11-20(18(2)16-17)28-21-9-7-6-8-19(21)24-12-14-25(15-13-24)22(26)27-23(3,4)5/h6-11,16H,12-15H2,1-5H3/i1D. The average Bonchev–Trinajstić information content (AvgIpc) is 2.69. The number of hydrogen-bond donors (Lipinski definition) is 0. The van der Waals surface area contributed by atoms with Gasteiger partial charge in [-0.05, 0) is 58.4 Å². The molecule has 1 heterocycles.